The van der Waals surface area contributed by atoms with Gasteiger partial charge in [-0.05, 0) is 12.1 Å². The molecule has 7 nitrogen and oxygen atoms in total. The third-order valence-electron chi connectivity index (χ3n) is 2.37. The van der Waals surface area contributed by atoms with E-state index in [2.05, 4.69) is 4.98 Å². The largest absolute Gasteiger partial charge is 0.288 e. The summed E-state index contributed by atoms with van der Waals surface area (Å²) in [4.78, 5) is 14.1. The van der Waals surface area contributed by atoms with Crippen LogP contribution >= 0.6 is 11.6 Å². The smallest absolute Gasteiger partial charge is 0.258 e. The van der Waals surface area contributed by atoms with E-state index in [1.165, 1.54) is 30.6 Å². The molecular formula is C10H8ClN3O4S. The average molecular weight is 302 g/mol. The van der Waals surface area contributed by atoms with Gasteiger partial charge in [-0.2, -0.15) is 0 Å². The highest BCUT2D eigenvalue weighted by molar-refractivity contribution is 7.89. The maximum absolute atomic E-state index is 11.5. The summed E-state index contributed by atoms with van der Waals surface area (Å²) in [6.45, 7) is 0. The van der Waals surface area contributed by atoms with Gasteiger partial charge in [-0.15, -0.1) is 0 Å². The second kappa shape index (κ2) is 4.63. The number of nitrogens with zero attached hydrogens (tertiary/aromatic N) is 3. The molecule has 0 radical (unpaired) electrons. The molecule has 0 saturated carbocycles. The van der Waals surface area contributed by atoms with Crippen LogP contribution in [-0.2, 0) is 10.0 Å². The molecule has 0 amide bonds. The van der Waals surface area contributed by atoms with Crippen LogP contribution in [0.3, 0.4) is 0 Å². The monoisotopic (exact) mass is 301 g/mol. The van der Waals surface area contributed by atoms with Crippen LogP contribution in [0.4, 0.5) is 5.69 Å². The van der Waals surface area contributed by atoms with E-state index in [0.29, 0.717) is 5.56 Å². The Bertz CT molecular complexity index is 754. The molecule has 0 atom stereocenters. The van der Waals surface area contributed by atoms with Crippen LogP contribution in [0.1, 0.15) is 0 Å². The number of imidazole rings is 1. The van der Waals surface area contributed by atoms with Gasteiger partial charge in [0.2, 0.25) is 10.0 Å². The summed E-state index contributed by atoms with van der Waals surface area (Å²) in [5, 5.41) is 10.8. The Morgan fingerprint density at radius 3 is 2.68 bits per heavy atom. The van der Waals surface area contributed by atoms with E-state index in [1.54, 1.807) is 0 Å². The number of benzene rings is 1. The SMILES string of the molecule is CS(=O)(=O)n1ccnc1-c1ccc(Cl)c([N+](=O)[O-])c1. The van der Waals surface area contributed by atoms with E-state index in [4.69, 9.17) is 11.6 Å². The summed E-state index contributed by atoms with van der Waals surface area (Å²) in [6, 6.07) is 3.99. The lowest BCUT2D eigenvalue weighted by Crippen LogP contribution is -2.10. The second-order valence-electron chi connectivity index (χ2n) is 3.73. The minimum absolute atomic E-state index is 0.0220. The first kappa shape index (κ1) is 13.5. The minimum Gasteiger partial charge on any atom is -0.258 e. The van der Waals surface area contributed by atoms with Crippen LogP contribution < -0.4 is 0 Å². The van der Waals surface area contributed by atoms with E-state index in [9.17, 15) is 18.5 Å². The summed E-state index contributed by atoms with van der Waals surface area (Å²) < 4.78 is 24.0. The summed E-state index contributed by atoms with van der Waals surface area (Å²) in [5.74, 6) is 0.0993. The summed E-state index contributed by atoms with van der Waals surface area (Å²) >= 11 is 5.70. The molecule has 0 spiro atoms. The van der Waals surface area contributed by atoms with Gasteiger partial charge in [0.25, 0.3) is 5.69 Å². The Kier molecular flexibility index (Phi) is 3.29. The molecule has 0 aliphatic rings. The van der Waals surface area contributed by atoms with Crippen LogP contribution in [0.2, 0.25) is 5.02 Å². The lowest BCUT2D eigenvalue weighted by Gasteiger charge is -2.05. The van der Waals surface area contributed by atoms with E-state index < -0.39 is 14.9 Å². The van der Waals surface area contributed by atoms with Crippen molar-refractivity contribution < 1.29 is 13.3 Å². The van der Waals surface area contributed by atoms with Gasteiger partial charge in [0.05, 0.1) is 11.2 Å². The zero-order chi connectivity index (χ0) is 14.2. The van der Waals surface area contributed by atoms with Gasteiger partial charge in [-0.1, -0.05) is 11.6 Å². The van der Waals surface area contributed by atoms with E-state index in [-0.39, 0.29) is 16.5 Å². The maximum Gasteiger partial charge on any atom is 0.288 e. The lowest BCUT2D eigenvalue weighted by atomic mass is 10.2. The highest BCUT2D eigenvalue weighted by atomic mass is 35.5. The molecule has 1 heterocycles. The second-order valence-corrected chi connectivity index (χ2v) is 6.00. The Hall–Kier alpha value is -1.93. The van der Waals surface area contributed by atoms with Crippen molar-refractivity contribution in [3.8, 4) is 11.4 Å². The number of nitro groups is 1. The van der Waals surface area contributed by atoms with Gasteiger partial charge in [-0.25, -0.2) is 17.4 Å². The van der Waals surface area contributed by atoms with Gasteiger partial charge in [-0.3, -0.25) is 10.1 Å². The zero-order valence-electron chi connectivity index (χ0n) is 9.65. The molecule has 9 heteroatoms. The normalized spacial score (nSPS) is 11.5. The van der Waals surface area contributed by atoms with Crippen molar-refractivity contribution in [3.63, 3.8) is 0 Å². The van der Waals surface area contributed by atoms with Gasteiger partial charge in [0.1, 0.15) is 5.02 Å². The Labute approximate surface area is 113 Å². The van der Waals surface area contributed by atoms with Crippen molar-refractivity contribution in [3.05, 3.63) is 45.7 Å². The Balaban J connectivity index is 2.64. The molecule has 1 aromatic carbocycles. The number of rotatable bonds is 3. The fourth-order valence-electron chi connectivity index (χ4n) is 1.55. The first-order valence-electron chi connectivity index (χ1n) is 4.99. The third kappa shape index (κ3) is 2.59. The topological polar surface area (TPSA) is 95.1 Å². The molecule has 100 valence electrons. The minimum atomic E-state index is -3.53. The summed E-state index contributed by atoms with van der Waals surface area (Å²) in [7, 11) is -3.53. The Morgan fingerprint density at radius 2 is 2.11 bits per heavy atom. The van der Waals surface area contributed by atoms with Gasteiger partial charge in [0, 0.05) is 24.0 Å². The predicted molar refractivity (Wildman–Crippen MR) is 69.6 cm³/mol. The number of hydrogen-bond donors (Lipinski definition) is 0. The number of halogens is 1. The number of nitro benzene ring substituents is 1. The van der Waals surface area contributed by atoms with Crippen LogP contribution in [0.15, 0.2) is 30.6 Å². The quantitative estimate of drug-likeness (QED) is 0.637. The van der Waals surface area contributed by atoms with Crippen LogP contribution in [-0.4, -0.2) is 28.6 Å². The molecule has 1 aromatic heterocycles. The molecule has 0 fully saturated rings. The van der Waals surface area contributed by atoms with Crippen molar-refractivity contribution in [2.75, 3.05) is 6.26 Å². The third-order valence-corrected chi connectivity index (χ3v) is 3.69. The van der Waals surface area contributed by atoms with E-state index in [0.717, 1.165) is 10.2 Å². The van der Waals surface area contributed by atoms with E-state index in [1.807, 2.05) is 0 Å². The number of hydrogen-bond acceptors (Lipinski definition) is 5. The van der Waals surface area contributed by atoms with Crippen molar-refractivity contribution in [1.82, 2.24) is 8.96 Å². The van der Waals surface area contributed by atoms with Gasteiger partial charge >= 0.3 is 0 Å². The van der Waals surface area contributed by atoms with Crippen LogP contribution in [0.5, 0.6) is 0 Å². The molecule has 0 saturated heterocycles. The highest BCUT2D eigenvalue weighted by Gasteiger charge is 2.18. The average Bonchev–Trinajstić information content (AvgIpc) is 2.77. The maximum atomic E-state index is 11.5. The fraction of sp³-hybridized carbons (Fsp3) is 0.100. The number of aromatic nitrogens is 2. The molecule has 0 unspecified atom stereocenters. The highest BCUT2D eigenvalue weighted by Crippen LogP contribution is 2.29. The molecular weight excluding hydrogens is 294 g/mol. The predicted octanol–water partition coefficient (Wildman–Crippen LogP) is 1.92. The molecule has 2 aromatic rings. The van der Waals surface area contributed by atoms with Gasteiger partial charge < -0.3 is 0 Å². The fourth-order valence-corrected chi connectivity index (χ4v) is 2.48. The first-order chi connectivity index (χ1) is 8.80. The molecule has 0 N–H and O–H groups in total. The van der Waals surface area contributed by atoms with Gasteiger partial charge in [0.15, 0.2) is 5.82 Å². The standard InChI is InChI=1S/C10H8ClN3O4S/c1-19(17,18)13-5-4-12-10(13)7-2-3-8(11)9(6-7)14(15)16/h2-6H,1H3. The molecule has 19 heavy (non-hydrogen) atoms. The summed E-state index contributed by atoms with van der Waals surface area (Å²) in [6.07, 6.45) is 3.59. The molecule has 0 aliphatic carbocycles. The van der Waals surface area contributed by atoms with Crippen LogP contribution in [0.25, 0.3) is 11.4 Å². The first-order valence-corrected chi connectivity index (χ1v) is 7.21. The molecule has 0 bridgehead atoms. The van der Waals surface area contributed by atoms with Crippen molar-refractivity contribution in [2.24, 2.45) is 0 Å². The lowest BCUT2D eigenvalue weighted by molar-refractivity contribution is -0.384. The Morgan fingerprint density at radius 1 is 1.42 bits per heavy atom. The molecule has 0 aliphatic heterocycles. The van der Waals surface area contributed by atoms with Crippen molar-refractivity contribution in [2.45, 2.75) is 0 Å². The summed E-state index contributed by atoms with van der Waals surface area (Å²) in [5.41, 5.74) is -0.00579. The van der Waals surface area contributed by atoms with E-state index >= 15 is 0 Å². The van der Waals surface area contributed by atoms with Crippen LogP contribution in [0, 0.1) is 10.1 Å². The van der Waals surface area contributed by atoms with Crippen molar-refractivity contribution in [1.29, 1.82) is 0 Å². The zero-order valence-corrected chi connectivity index (χ0v) is 11.2. The van der Waals surface area contributed by atoms with Crippen molar-refractivity contribution >= 4 is 27.3 Å². The molecule has 2 rings (SSSR count).